The summed E-state index contributed by atoms with van der Waals surface area (Å²) in [5.74, 6) is 5.71. The highest BCUT2D eigenvalue weighted by Gasteiger charge is 2.17. The number of rotatable bonds is 4. The molecule has 8 nitrogen and oxygen atoms in total. The van der Waals surface area contributed by atoms with Crippen LogP contribution in [0.1, 0.15) is 0 Å². The van der Waals surface area contributed by atoms with Crippen molar-refractivity contribution in [1.82, 2.24) is 9.97 Å². The minimum Gasteiger partial charge on any atom is -0.436 e. The smallest absolute Gasteiger partial charge is 0.272 e. The lowest BCUT2D eigenvalue weighted by molar-refractivity contribution is -0.384. The highest BCUT2D eigenvalue weighted by atomic mass is 35.5. The molecule has 0 atom stereocenters. The molecule has 1 heterocycles. The molecule has 2 rings (SSSR count). The van der Waals surface area contributed by atoms with Crippen LogP contribution < -0.4 is 16.0 Å². The van der Waals surface area contributed by atoms with Crippen molar-refractivity contribution >= 4 is 34.7 Å². The second kappa shape index (κ2) is 5.87. The molecule has 0 aliphatic heterocycles. The number of aromatic nitrogens is 2. The summed E-state index contributed by atoms with van der Waals surface area (Å²) in [5.41, 5.74) is 2.08. The quantitative estimate of drug-likeness (QED) is 0.506. The Kier molecular flexibility index (Phi) is 4.18. The summed E-state index contributed by atoms with van der Waals surface area (Å²) in [4.78, 5) is 17.7. The monoisotopic (exact) mass is 315 g/mol. The Balaban J connectivity index is 2.36. The van der Waals surface area contributed by atoms with Crippen LogP contribution in [-0.4, -0.2) is 14.9 Å². The summed E-state index contributed by atoms with van der Waals surface area (Å²) < 4.78 is 5.38. The van der Waals surface area contributed by atoms with Crippen LogP contribution in [0.15, 0.2) is 24.5 Å². The van der Waals surface area contributed by atoms with Gasteiger partial charge in [-0.05, 0) is 0 Å². The van der Waals surface area contributed by atoms with Crippen molar-refractivity contribution in [2.24, 2.45) is 5.84 Å². The number of benzene rings is 1. The molecule has 0 bridgehead atoms. The number of nitrogens with zero attached hydrogens (tertiary/aromatic N) is 3. The average Bonchev–Trinajstić information content (AvgIpc) is 2.42. The molecule has 0 aliphatic rings. The molecular weight excluding hydrogens is 309 g/mol. The number of hydrogen-bond acceptors (Lipinski definition) is 7. The molecule has 3 N–H and O–H groups in total. The van der Waals surface area contributed by atoms with Crippen molar-refractivity contribution in [3.8, 4) is 11.6 Å². The van der Waals surface area contributed by atoms with E-state index in [2.05, 4.69) is 15.4 Å². The number of ether oxygens (including phenoxy) is 1. The van der Waals surface area contributed by atoms with E-state index >= 15 is 0 Å². The van der Waals surface area contributed by atoms with Gasteiger partial charge in [0.2, 0.25) is 5.88 Å². The van der Waals surface area contributed by atoms with Crippen molar-refractivity contribution < 1.29 is 9.66 Å². The number of nitrogens with one attached hydrogen (secondary N) is 1. The van der Waals surface area contributed by atoms with Crippen molar-refractivity contribution in [2.75, 3.05) is 5.43 Å². The minimum absolute atomic E-state index is 0.00919. The zero-order valence-corrected chi connectivity index (χ0v) is 11.2. The zero-order chi connectivity index (χ0) is 14.7. The third kappa shape index (κ3) is 3.05. The van der Waals surface area contributed by atoms with Gasteiger partial charge in [0.25, 0.3) is 5.69 Å². The van der Waals surface area contributed by atoms with Crippen LogP contribution in [0.4, 0.5) is 11.5 Å². The van der Waals surface area contributed by atoms with E-state index in [-0.39, 0.29) is 27.4 Å². The summed E-state index contributed by atoms with van der Waals surface area (Å²) in [6, 6.07) is 3.67. The molecule has 0 saturated carbocycles. The second-order valence-electron chi connectivity index (χ2n) is 3.48. The largest absolute Gasteiger partial charge is 0.436 e. The van der Waals surface area contributed by atoms with Crippen LogP contribution in [0.2, 0.25) is 10.0 Å². The number of anilines is 1. The maximum Gasteiger partial charge on any atom is 0.272 e. The third-order valence-corrected chi connectivity index (χ3v) is 2.75. The number of halogens is 2. The van der Waals surface area contributed by atoms with Crippen molar-refractivity contribution in [3.05, 3.63) is 44.7 Å². The molecule has 0 radical (unpaired) electrons. The predicted molar refractivity (Wildman–Crippen MR) is 73.0 cm³/mol. The van der Waals surface area contributed by atoms with Gasteiger partial charge in [-0.2, -0.15) is 0 Å². The highest BCUT2D eigenvalue weighted by Crippen LogP contribution is 2.39. The summed E-state index contributed by atoms with van der Waals surface area (Å²) in [6.07, 6.45) is 1.22. The predicted octanol–water partition coefficient (Wildman–Crippen LogP) is 2.77. The van der Waals surface area contributed by atoms with Crippen molar-refractivity contribution in [1.29, 1.82) is 0 Å². The van der Waals surface area contributed by atoms with Gasteiger partial charge in [0.15, 0.2) is 5.75 Å². The maximum atomic E-state index is 10.7. The number of nitrogens with two attached hydrogens (primary N) is 1. The van der Waals surface area contributed by atoms with Gasteiger partial charge in [0.05, 0.1) is 15.0 Å². The van der Waals surface area contributed by atoms with Gasteiger partial charge in [0, 0.05) is 18.2 Å². The van der Waals surface area contributed by atoms with E-state index in [4.69, 9.17) is 33.8 Å². The van der Waals surface area contributed by atoms with Crippen LogP contribution in [0, 0.1) is 10.1 Å². The lowest BCUT2D eigenvalue weighted by atomic mass is 10.3. The van der Waals surface area contributed by atoms with Gasteiger partial charge in [-0.3, -0.25) is 10.1 Å². The molecule has 0 unspecified atom stereocenters. The first-order valence-corrected chi connectivity index (χ1v) is 5.87. The molecule has 0 aliphatic carbocycles. The Morgan fingerprint density at radius 3 is 2.45 bits per heavy atom. The Hall–Kier alpha value is -2.16. The number of non-ortho nitro benzene ring substituents is 1. The first-order valence-electron chi connectivity index (χ1n) is 5.11. The van der Waals surface area contributed by atoms with Gasteiger partial charge in [-0.1, -0.05) is 23.2 Å². The standard InChI is InChI=1S/C10H7Cl2N5O3/c11-6-1-5(17(18)19)2-7(12)10(6)20-9-3-8(16-13)14-4-15-9/h1-4H,13H2,(H,14,15,16). The molecule has 0 amide bonds. The van der Waals surface area contributed by atoms with E-state index in [9.17, 15) is 10.1 Å². The number of hydrogen-bond donors (Lipinski definition) is 2. The summed E-state index contributed by atoms with van der Waals surface area (Å²) >= 11 is 11.8. The van der Waals surface area contributed by atoms with Crippen LogP contribution in [0.3, 0.4) is 0 Å². The zero-order valence-electron chi connectivity index (χ0n) is 9.71. The van der Waals surface area contributed by atoms with Gasteiger partial charge in [0.1, 0.15) is 12.1 Å². The highest BCUT2D eigenvalue weighted by molar-refractivity contribution is 6.37. The number of nitro benzene ring substituents is 1. The molecule has 20 heavy (non-hydrogen) atoms. The minimum atomic E-state index is -0.608. The van der Waals surface area contributed by atoms with Crippen molar-refractivity contribution in [3.63, 3.8) is 0 Å². The molecule has 10 heteroatoms. The van der Waals surface area contributed by atoms with Crippen LogP contribution in [0.25, 0.3) is 0 Å². The first-order chi connectivity index (χ1) is 9.51. The molecule has 1 aromatic carbocycles. The molecule has 0 spiro atoms. The molecular formula is C10H7Cl2N5O3. The lowest BCUT2D eigenvalue weighted by Crippen LogP contribution is -2.08. The normalized spacial score (nSPS) is 10.2. The van der Waals surface area contributed by atoms with E-state index in [0.29, 0.717) is 5.82 Å². The topological polar surface area (TPSA) is 116 Å². The summed E-state index contributed by atoms with van der Waals surface area (Å²) in [7, 11) is 0. The summed E-state index contributed by atoms with van der Waals surface area (Å²) in [6.45, 7) is 0. The molecule has 0 saturated heterocycles. The van der Waals surface area contributed by atoms with Gasteiger partial charge in [-0.15, -0.1) is 0 Å². The molecule has 104 valence electrons. The Morgan fingerprint density at radius 1 is 1.25 bits per heavy atom. The van der Waals surface area contributed by atoms with Gasteiger partial charge in [-0.25, -0.2) is 15.8 Å². The van der Waals surface area contributed by atoms with Crippen LogP contribution >= 0.6 is 23.2 Å². The SMILES string of the molecule is NNc1cc(Oc2c(Cl)cc([N+](=O)[O-])cc2Cl)ncn1. The van der Waals surface area contributed by atoms with Crippen LogP contribution in [0.5, 0.6) is 11.6 Å². The average molecular weight is 316 g/mol. The van der Waals surface area contributed by atoms with E-state index < -0.39 is 4.92 Å². The van der Waals surface area contributed by atoms with E-state index in [0.717, 1.165) is 12.1 Å². The van der Waals surface area contributed by atoms with E-state index in [1.54, 1.807) is 0 Å². The van der Waals surface area contributed by atoms with E-state index in [1.807, 2.05) is 0 Å². The third-order valence-electron chi connectivity index (χ3n) is 2.19. The van der Waals surface area contributed by atoms with Gasteiger partial charge >= 0.3 is 0 Å². The molecule has 2 aromatic rings. The van der Waals surface area contributed by atoms with Gasteiger partial charge < -0.3 is 10.2 Å². The number of nitro groups is 1. The fraction of sp³-hybridized carbons (Fsp3) is 0. The molecule has 0 fully saturated rings. The lowest BCUT2D eigenvalue weighted by Gasteiger charge is -2.09. The summed E-state index contributed by atoms with van der Waals surface area (Å²) in [5, 5.41) is 10.6. The fourth-order valence-corrected chi connectivity index (χ4v) is 1.88. The fourth-order valence-electron chi connectivity index (χ4n) is 1.33. The van der Waals surface area contributed by atoms with Crippen LogP contribution in [-0.2, 0) is 0 Å². The Bertz CT molecular complexity index is 644. The number of hydrazine groups is 1. The maximum absolute atomic E-state index is 10.7. The Labute approximate surface area is 122 Å². The Morgan fingerprint density at radius 2 is 1.90 bits per heavy atom. The first kappa shape index (κ1) is 14.3. The second-order valence-corrected chi connectivity index (χ2v) is 4.30. The molecule has 1 aromatic heterocycles. The van der Waals surface area contributed by atoms with E-state index in [1.165, 1.54) is 12.4 Å². The number of nitrogen functional groups attached to an aromatic ring is 1. The van der Waals surface area contributed by atoms with Crippen molar-refractivity contribution in [2.45, 2.75) is 0 Å².